The first kappa shape index (κ1) is 11.6. The van der Waals surface area contributed by atoms with Crippen LogP contribution < -0.4 is 4.74 Å². The van der Waals surface area contributed by atoms with E-state index in [0.717, 1.165) is 22.8 Å². The minimum Gasteiger partial charge on any atom is -0.493 e. The van der Waals surface area contributed by atoms with Gasteiger partial charge in [0.2, 0.25) is 0 Å². The summed E-state index contributed by atoms with van der Waals surface area (Å²) in [5.74, 6) is 0.727. The zero-order valence-electron chi connectivity index (χ0n) is 9.36. The Kier molecular flexibility index (Phi) is 3.70. The lowest BCUT2D eigenvalue weighted by atomic mass is 10.1. The van der Waals surface area contributed by atoms with Crippen LogP contribution in [0.1, 0.15) is 16.8 Å². The maximum absolute atomic E-state index is 11.9. The van der Waals surface area contributed by atoms with Crippen molar-refractivity contribution in [3.8, 4) is 5.75 Å². The highest BCUT2D eigenvalue weighted by atomic mass is 19.1. The minimum atomic E-state index is -0.365. The second-order valence-electron chi connectivity index (χ2n) is 3.78. The molecule has 0 atom stereocenters. The number of hydrogen-bond donors (Lipinski definition) is 0. The first-order chi connectivity index (χ1) is 8.33. The fourth-order valence-corrected chi connectivity index (χ4v) is 1.65. The monoisotopic (exact) mass is 232 g/mol. The molecule has 0 radical (unpaired) electrons. The number of hydrogen-bond acceptors (Lipinski definition) is 2. The van der Waals surface area contributed by atoms with E-state index in [2.05, 4.69) is 0 Å². The van der Waals surface area contributed by atoms with Gasteiger partial charge < -0.3 is 4.74 Å². The number of rotatable bonds is 5. The Hall–Kier alpha value is -1.90. The molecule has 0 unspecified atom stereocenters. The molecule has 2 aromatic rings. The number of carbonyl (C=O) groups is 1. The van der Waals surface area contributed by atoms with Gasteiger partial charge in [-0.1, -0.05) is 18.2 Å². The van der Waals surface area contributed by atoms with Crippen molar-refractivity contribution in [3.63, 3.8) is 0 Å². The topological polar surface area (TPSA) is 26.3 Å². The van der Waals surface area contributed by atoms with Gasteiger partial charge in [-0.15, -0.1) is 0 Å². The van der Waals surface area contributed by atoms with E-state index in [4.69, 9.17) is 4.74 Å². The lowest BCUT2D eigenvalue weighted by molar-refractivity contribution is 0.112. The number of halogens is 1. The second-order valence-corrected chi connectivity index (χ2v) is 3.78. The van der Waals surface area contributed by atoms with Crippen molar-refractivity contribution in [2.75, 3.05) is 13.3 Å². The first-order valence-electron chi connectivity index (χ1n) is 5.51. The third kappa shape index (κ3) is 2.81. The standard InChI is InChI=1S/C14H13FO2/c15-6-1-7-17-14-5-4-12-8-11(10-16)2-3-13(12)9-14/h2-5,8-10H,1,6-7H2. The molecule has 0 saturated heterocycles. The van der Waals surface area contributed by atoms with Crippen molar-refractivity contribution < 1.29 is 13.9 Å². The fraction of sp³-hybridized carbons (Fsp3) is 0.214. The van der Waals surface area contributed by atoms with Crippen molar-refractivity contribution in [2.24, 2.45) is 0 Å². The molecule has 2 aromatic carbocycles. The van der Waals surface area contributed by atoms with Crippen LogP contribution in [0.5, 0.6) is 5.75 Å². The summed E-state index contributed by atoms with van der Waals surface area (Å²) in [6.45, 7) is 0.0186. The predicted molar refractivity (Wildman–Crippen MR) is 65.4 cm³/mol. The number of benzene rings is 2. The minimum absolute atomic E-state index is 0.365. The van der Waals surface area contributed by atoms with Crippen LogP contribution in [0.4, 0.5) is 4.39 Å². The summed E-state index contributed by atoms with van der Waals surface area (Å²) in [7, 11) is 0. The van der Waals surface area contributed by atoms with E-state index in [1.165, 1.54) is 0 Å². The summed E-state index contributed by atoms with van der Waals surface area (Å²) < 4.78 is 17.3. The van der Waals surface area contributed by atoms with Crippen molar-refractivity contribution in [3.05, 3.63) is 42.0 Å². The predicted octanol–water partition coefficient (Wildman–Crippen LogP) is 3.39. The van der Waals surface area contributed by atoms with Gasteiger partial charge in [-0.2, -0.15) is 0 Å². The molecule has 0 N–H and O–H groups in total. The summed E-state index contributed by atoms with van der Waals surface area (Å²) in [6, 6.07) is 11.1. The van der Waals surface area contributed by atoms with Crippen LogP contribution in [0.15, 0.2) is 36.4 Å². The zero-order chi connectivity index (χ0) is 12.1. The summed E-state index contributed by atoms with van der Waals surface area (Å²) >= 11 is 0. The SMILES string of the molecule is O=Cc1ccc2cc(OCCCF)ccc2c1. The van der Waals surface area contributed by atoms with Gasteiger partial charge in [-0.05, 0) is 29.0 Å². The Morgan fingerprint density at radius 2 is 1.88 bits per heavy atom. The maximum atomic E-state index is 11.9. The number of ether oxygens (including phenoxy) is 1. The van der Waals surface area contributed by atoms with Gasteiger partial charge in [-0.25, -0.2) is 0 Å². The molecule has 88 valence electrons. The highest BCUT2D eigenvalue weighted by Crippen LogP contribution is 2.21. The molecule has 0 saturated carbocycles. The zero-order valence-corrected chi connectivity index (χ0v) is 9.36. The molecule has 0 bridgehead atoms. The summed E-state index contributed by atoms with van der Waals surface area (Å²) in [6.07, 6.45) is 1.23. The average Bonchev–Trinajstić information content (AvgIpc) is 2.38. The Morgan fingerprint density at radius 1 is 1.12 bits per heavy atom. The van der Waals surface area contributed by atoms with E-state index in [1.54, 1.807) is 6.07 Å². The van der Waals surface area contributed by atoms with E-state index in [9.17, 15) is 9.18 Å². The number of fused-ring (bicyclic) bond motifs is 1. The Labute approximate surface area is 99.0 Å². The van der Waals surface area contributed by atoms with Crippen LogP contribution in [0, 0.1) is 0 Å². The summed E-state index contributed by atoms with van der Waals surface area (Å²) in [5, 5.41) is 2.00. The van der Waals surface area contributed by atoms with Crippen molar-refractivity contribution in [1.29, 1.82) is 0 Å². The van der Waals surface area contributed by atoms with Crippen LogP contribution in [-0.4, -0.2) is 19.6 Å². The number of aldehydes is 1. The number of carbonyl (C=O) groups excluding carboxylic acids is 1. The normalized spacial score (nSPS) is 10.4. The maximum Gasteiger partial charge on any atom is 0.150 e. The van der Waals surface area contributed by atoms with Gasteiger partial charge >= 0.3 is 0 Å². The van der Waals surface area contributed by atoms with Crippen LogP contribution in [0.2, 0.25) is 0 Å². The summed E-state index contributed by atoms with van der Waals surface area (Å²) in [5.41, 5.74) is 0.656. The third-order valence-electron chi connectivity index (χ3n) is 2.52. The number of alkyl halides is 1. The Bertz CT molecular complexity index is 523. The Balaban J connectivity index is 2.22. The molecule has 0 fully saturated rings. The van der Waals surface area contributed by atoms with Crippen molar-refractivity contribution in [2.45, 2.75) is 6.42 Å². The molecule has 2 rings (SSSR count). The summed E-state index contributed by atoms with van der Waals surface area (Å²) in [4.78, 5) is 10.6. The first-order valence-corrected chi connectivity index (χ1v) is 5.51. The van der Waals surface area contributed by atoms with Gasteiger partial charge in [0, 0.05) is 12.0 Å². The van der Waals surface area contributed by atoms with Gasteiger partial charge in [0.05, 0.1) is 13.3 Å². The molecule has 0 aliphatic rings. The van der Waals surface area contributed by atoms with Crippen molar-refractivity contribution >= 4 is 17.1 Å². The molecule has 17 heavy (non-hydrogen) atoms. The van der Waals surface area contributed by atoms with E-state index < -0.39 is 0 Å². The lowest BCUT2D eigenvalue weighted by Crippen LogP contribution is -1.97. The highest BCUT2D eigenvalue weighted by molar-refractivity contribution is 5.89. The molecular weight excluding hydrogens is 219 g/mol. The van der Waals surface area contributed by atoms with Crippen LogP contribution in [-0.2, 0) is 0 Å². The molecule has 0 aliphatic carbocycles. The van der Waals surface area contributed by atoms with Crippen molar-refractivity contribution in [1.82, 2.24) is 0 Å². The van der Waals surface area contributed by atoms with Gasteiger partial charge in [0.25, 0.3) is 0 Å². The van der Waals surface area contributed by atoms with Crippen LogP contribution >= 0.6 is 0 Å². The molecule has 2 nitrogen and oxygen atoms in total. The van der Waals surface area contributed by atoms with Gasteiger partial charge in [0.15, 0.2) is 0 Å². The molecule has 0 spiro atoms. The fourth-order valence-electron chi connectivity index (χ4n) is 1.65. The lowest BCUT2D eigenvalue weighted by Gasteiger charge is -2.06. The second kappa shape index (κ2) is 5.43. The third-order valence-corrected chi connectivity index (χ3v) is 2.52. The van der Waals surface area contributed by atoms with E-state index in [-0.39, 0.29) is 6.67 Å². The van der Waals surface area contributed by atoms with Gasteiger partial charge in [0.1, 0.15) is 12.0 Å². The molecule has 3 heteroatoms. The quantitative estimate of drug-likeness (QED) is 0.583. The smallest absolute Gasteiger partial charge is 0.150 e. The van der Waals surface area contributed by atoms with E-state index in [0.29, 0.717) is 18.6 Å². The van der Waals surface area contributed by atoms with Gasteiger partial charge in [-0.3, -0.25) is 9.18 Å². The molecule has 0 amide bonds. The van der Waals surface area contributed by atoms with E-state index >= 15 is 0 Å². The molecular formula is C14H13FO2. The Morgan fingerprint density at radius 3 is 2.65 bits per heavy atom. The largest absolute Gasteiger partial charge is 0.493 e. The average molecular weight is 232 g/mol. The van der Waals surface area contributed by atoms with E-state index in [1.807, 2.05) is 30.3 Å². The molecule has 0 heterocycles. The van der Waals surface area contributed by atoms with Crippen LogP contribution in [0.3, 0.4) is 0 Å². The van der Waals surface area contributed by atoms with Crippen LogP contribution in [0.25, 0.3) is 10.8 Å². The molecule has 0 aromatic heterocycles. The highest BCUT2D eigenvalue weighted by Gasteiger charge is 1.99. The molecule has 0 aliphatic heterocycles.